The third-order valence-electron chi connectivity index (χ3n) is 5.69. The molecule has 0 saturated heterocycles. The quantitative estimate of drug-likeness (QED) is 0.258. The SMILES string of the molecule is C=C/C=C\c1c(C)c(-c2nc(Nc3ccncc3)n(CCOC)n2)nn1Cc1c(F)cc(OCC)cc1F. The highest BCUT2D eigenvalue weighted by molar-refractivity contribution is 5.65. The van der Waals surface area contributed by atoms with Crippen molar-refractivity contribution in [2.75, 3.05) is 25.6 Å². The summed E-state index contributed by atoms with van der Waals surface area (Å²) in [7, 11) is 1.61. The van der Waals surface area contributed by atoms with E-state index >= 15 is 0 Å². The van der Waals surface area contributed by atoms with E-state index in [1.807, 2.05) is 19.1 Å². The van der Waals surface area contributed by atoms with Gasteiger partial charge in [0.25, 0.3) is 0 Å². The number of anilines is 2. The van der Waals surface area contributed by atoms with Crippen LogP contribution in [0.3, 0.4) is 0 Å². The summed E-state index contributed by atoms with van der Waals surface area (Å²) in [6, 6.07) is 5.98. The van der Waals surface area contributed by atoms with Gasteiger partial charge in [0.15, 0.2) is 0 Å². The molecule has 0 amide bonds. The van der Waals surface area contributed by atoms with Crippen molar-refractivity contribution in [3.8, 4) is 17.3 Å². The first-order chi connectivity index (χ1) is 18.4. The summed E-state index contributed by atoms with van der Waals surface area (Å²) < 4.78 is 43.4. The van der Waals surface area contributed by atoms with Crippen LogP contribution in [-0.4, -0.2) is 49.9 Å². The maximum absolute atomic E-state index is 14.9. The van der Waals surface area contributed by atoms with Gasteiger partial charge in [-0.2, -0.15) is 10.1 Å². The number of ether oxygens (including phenoxy) is 2. The largest absolute Gasteiger partial charge is 0.494 e. The van der Waals surface area contributed by atoms with Crippen LogP contribution < -0.4 is 10.1 Å². The first kappa shape index (κ1) is 26.7. The number of pyridine rings is 1. The lowest BCUT2D eigenvalue weighted by atomic mass is 10.1. The van der Waals surface area contributed by atoms with Gasteiger partial charge in [0, 0.05) is 48.5 Å². The minimum Gasteiger partial charge on any atom is -0.494 e. The molecule has 0 aliphatic heterocycles. The van der Waals surface area contributed by atoms with Crippen molar-refractivity contribution in [1.82, 2.24) is 29.5 Å². The van der Waals surface area contributed by atoms with Gasteiger partial charge >= 0.3 is 0 Å². The third-order valence-corrected chi connectivity index (χ3v) is 5.69. The van der Waals surface area contributed by atoms with Gasteiger partial charge < -0.3 is 14.8 Å². The molecule has 0 spiro atoms. The number of nitrogens with one attached hydrogen (secondary N) is 1. The minimum atomic E-state index is -0.715. The summed E-state index contributed by atoms with van der Waals surface area (Å²) in [5.74, 6) is -0.450. The van der Waals surface area contributed by atoms with Crippen molar-refractivity contribution in [2.45, 2.75) is 26.9 Å². The number of hydrogen-bond acceptors (Lipinski definition) is 7. The molecule has 1 N–H and O–H groups in total. The molecule has 0 saturated carbocycles. The van der Waals surface area contributed by atoms with E-state index in [2.05, 4.69) is 32.1 Å². The van der Waals surface area contributed by atoms with E-state index in [0.29, 0.717) is 42.9 Å². The van der Waals surface area contributed by atoms with Gasteiger partial charge in [-0.15, -0.1) is 5.10 Å². The zero-order valence-corrected chi connectivity index (χ0v) is 21.5. The standard InChI is InChI=1S/C27H29F2N7O2/c1-5-7-8-24-18(3)25(33-36(24)17-21-22(28)15-20(38-6-2)16-23(21)29)26-32-27(35(34-26)13-14-37-4)31-19-9-11-30-12-10-19/h5,7-12,15-16H,1,6,13-14,17H2,2-4H3,(H,30,31,32,34)/b8-7-. The summed E-state index contributed by atoms with van der Waals surface area (Å²) in [6.45, 7) is 8.36. The first-order valence-corrected chi connectivity index (χ1v) is 12.0. The highest BCUT2D eigenvalue weighted by atomic mass is 19.1. The molecule has 9 nitrogen and oxygen atoms in total. The Morgan fingerprint density at radius 1 is 1.11 bits per heavy atom. The van der Waals surface area contributed by atoms with E-state index in [-0.39, 0.29) is 17.9 Å². The van der Waals surface area contributed by atoms with Gasteiger partial charge in [-0.1, -0.05) is 18.7 Å². The topological polar surface area (TPSA) is 91.9 Å². The van der Waals surface area contributed by atoms with Crippen LogP contribution in [0.25, 0.3) is 17.6 Å². The van der Waals surface area contributed by atoms with Crippen molar-refractivity contribution < 1.29 is 18.3 Å². The zero-order valence-electron chi connectivity index (χ0n) is 21.5. The summed E-state index contributed by atoms with van der Waals surface area (Å²) in [4.78, 5) is 8.71. The van der Waals surface area contributed by atoms with Crippen LogP contribution in [0.15, 0.2) is 55.4 Å². The van der Waals surface area contributed by atoms with Crippen LogP contribution in [0.1, 0.15) is 23.7 Å². The fraction of sp³-hybridized carbons (Fsp3) is 0.259. The fourth-order valence-corrected chi connectivity index (χ4v) is 3.83. The molecular weight excluding hydrogens is 492 g/mol. The van der Waals surface area contributed by atoms with Crippen LogP contribution in [-0.2, 0) is 17.8 Å². The van der Waals surface area contributed by atoms with E-state index in [1.165, 1.54) is 16.8 Å². The maximum Gasteiger partial charge on any atom is 0.226 e. The van der Waals surface area contributed by atoms with Gasteiger partial charge in [0.2, 0.25) is 11.8 Å². The van der Waals surface area contributed by atoms with Gasteiger partial charge in [-0.05, 0) is 32.1 Å². The smallest absolute Gasteiger partial charge is 0.226 e. The Balaban J connectivity index is 1.75. The molecule has 4 aromatic rings. The second kappa shape index (κ2) is 12.2. The summed E-state index contributed by atoms with van der Waals surface area (Å²) in [5, 5.41) is 12.6. The molecule has 0 aliphatic rings. The lowest BCUT2D eigenvalue weighted by Crippen LogP contribution is -2.09. The normalized spacial score (nSPS) is 11.3. The number of methoxy groups -OCH3 is 1. The average Bonchev–Trinajstić information content (AvgIpc) is 3.44. The molecule has 3 heterocycles. The van der Waals surface area contributed by atoms with Crippen LogP contribution in [0.2, 0.25) is 0 Å². The second-order valence-corrected chi connectivity index (χ2v) is 8.25. The van der Waals surface area contributed by atoms with Gasteiger partial charge in [0.1, 0.15) is 23.1 Å². The van der Waals surface area contributed by atoms with Crippen molar-refractivity contribution in [3.63, 3.8) is 0 Å². The molecule has 0 fully saturated rings. The van der Waals surface area contributed by atoms with Crippen molar-refractivity contribution >= 4 is 17.7 Å². The number of rotatable bonds is 12. The predicted octanol–water partition coefficient (Wildman–Crippen LogP) is 5.16. The molecule has 0 unspecified atom stereocenters. The predicted molar refractivity (Wildman–Crippen MR) is 141 cm³/mol. The number of allylic oxidation sites excluding steroid dienone is 2. The number of hydrogen-bond donors (Lipinski definition) is 1. The Morgan fingerprint density at radius 2 is 1.84 bits per heavy atom. The van der Waals surface area contributed by atoms with E-state index in [4.69, 9.17) is 9.47 Å². The monoisotopic (exact) mass is 521 g/mol. The molecule has 198 valence electrons. The van der Waals surface area contributed by atoms with E-state index in [9.17, 15) is 8.78 Å². The van der Waals surface area contributed by atoms with Gasteiger partial charge in [-0.3, -0.25) is 9.67 Å². The number of nitrogens with zero attached hydrogens (tertiary/aromatic N) is 6. The fourth-order valence-electron chi connectivity index (χ4n) is 3.83. The Morgan fingerprint density at radius 3 is 2.50 bits per heavy atom. The zero-order chi connectivity index (χ0) is 27.1. The van der Waals surface area contributed by atoms with Crippen LogP contribution in [0.4, 0.5) is 20.4 Å². The minimum absolute atomic E-state index is 0.130. The van der Waals surface area contributed by atoms with Crippen LogP contribution >= 0.6 is 0 Å². The van der Waals surface area contributed by atoms with Crippen LogP contribution in [0, 0.1) is 18.6 Å². The van der Waals surface area contributed by atoms with Gasteiger partial charge in [-0.25, -0.2) is 13.5 Å². The number of benzene rings is 1. The molecular formula is C27H29F2N7O2. The third kappa shape index (κ3) is 5.94. The van der Waals surface area contributed by atoms with Gasteiger partial charge in [0.05, 0.1) is 32.0 Å². The van der Waals surface area contributed by atoms with Crippen molar-refractivity contribution in [1.29, 1.82) is 0 Å². The highest BCUT2D eigenvalue weighted by Crippen LogP contribution is 2.28. The van der Waals surface area contributed by atoms with E-state index in [1.54, 1.807) is 49.3 Å². The van der Waals surface area contributed by atoms with E-state index in [0.717, 1.165) is 11.3 Å². The molecule has 38 heavy (non-hydrogen) atoms. The Kier molecular flexibility index (Phi) is 8.59. The number of aromatic nitrogens is 6. The molecule has 11 heteroatoms. The van der Waals surface area contributed by atoms with Crippen molar-refractivity contribution in [2.24, 2.45) is 0 Å². The molecule has 0 bridgehead atoms. The molecule has 0 radical (unpaired) electrons. The highest BCUT2D eigenvalue weighted by Gasteiger charge is 2.22. The summed E-state index contributed by atoms with van der Waals surface area (Å²) >= 11 is 0. The van der Waals surface area contributed by atoms with E-state index < -0.39 is 11.6 Å². The number of halogens is 2. The Bertz CT molecular complexity index is 1410. The Hall–Kier alpha value is -4.38. The summed E-state index contributed by atoms with van der Waals surface area (Å²) in [5.41, 5.74) is 2.53. The average molecular weight is 522 g/mol. The summed E-state index contributed by atoms with van der Waals surface area (Å²) in [6.07, 6.45) is 8.46. The molecule has 0 atom stereocenters. The molecule has 4 rings (SSSR count). The Labute approximate surface area is 219 Å². The molecule has 3 aromatic heterocycles. The maximum atomic E-state index is 14.9. The van der Waals surface area contributed by atoms with Crippen LogP contribution in [0.5, 0.6) is 5.75 Å². The lowest BCUT2D eigenvalue weighted by Gasteiger charge is -2.10. The second-order valence-electron chi connectivity index (χ2n) is 8.25. The first-order valence-electron chi connectivity index (χ1n) is 12.0. The molecule has 1 aromatic carbocycles. The lowest BCUT2D eigenvalue weighted by molar-refractivity contribution is 0.184. The molecule has 0 aliphatic carbocycles. The van der Waals surface area contributed by atoms with Crippen molar-refractivity contribution in [3.05, 3.63) is 83.8 Å².